The van der Waals surface area contributed by atoms with E-state index in [4.69, 9.17) is 0 Å². The van der Waals surface area contributed by atoms with Crippen LogP contribution < -0.4 is 5.32 Å². The molecule has 0 bridgehead atoms. The van der Waals surface area contributed by atoms with Gasteiger partial charge in [0.1, 0.15) is 5.82 Å². The van der Waals surface area contributed by atoms with Gasteiger partial charge in [0.05, 0.1) is 9.26 Å². The van der Waals surface area contributed by atoms with Crippen molar-refractivity contribution in [2.45, 2.75) is 64.7 Å². The molecule has 0 heterocycles. The third-order valence-corrected chi connectivity index (χ3v) is 6.77. The van der Waals surface area contributed by atoms with Crippen molar-refractivity contribution in [2.24, 2.45) is 10.8 Å². The number of carbonyl (C=O) groups excluding carboxylic acids is 2. The van der Waals surface area contributed by atoms with Gasteiger partial charge in [0.15, 0.2) is 5.12 Å². The standard InChI is InChI=1S/C19H25FINO2S/c1-18(2,3)17(24)25-15-11-13(21)12(20)10-14(15)22-16(23)19(4)8-6-5-7-9-19/h10-11H,5-9H2,1-4H3,(H,22,23). The van der Waals surface area contributed by atoms with Gasteiger partial charge < -0.3 is 5.32 Å². The highest BCUT2D eigenvalue weighted by atomic mass is 127. The van der Waals surface area contributed by atoms with Crippen LogP contribution in [0.15, 0.2) is 17.0 Å². The van der Waals surface area contributed by atoms with E-state index in [1.807, 2.05) is 50.3 Å². The minimum Gasteiger partial charge on any atom is -0.324 e. The predicted molar refractivity (Wildman–Crippen MR) is 109 cm³/mol. The lowest BCUT2D eigenvalue weighted by molar-refractivity contribution is -0.126. The second-order valence-electron chi connectivity index (χ2n) is 7.98. The number of benzene rings is 1. The molecule has 1 aromatic rings. The van der Waals surface area contributed by atoms with Gasteiger partial charge >= 0.3 is 0 Å². The van der Waals surface area contributed by atoms with Gasteiger partial charge in [0, 0.05) is 15.7 Å². The van der Waals surface area contributed by atoms with Crippen LogP contribution in [0.1, 0.15) is 59.8 Å². The topological polar surface area (TPSA) is 46.2 Å². The summed E-state index contributed by atoms with van der Waals surface area (Å²) in [4.78, 5) is 25.8. The molecule has 0 aliphatic heterocycles. The summed E-state index contributed by atoms with van der Waals surface area (Å²) in [7, 11) is 0. The van der Waals surface area contributed by atoms with Crippen molar-refractivity contribution in [3.05, 3.63) is 21.5 Å². The van der Waals surface area contributed by atoms with E-state index in [2.05, 4.69) is 5.32 Å². The van der Waals surface area contributed by atoms with Crippen molar-refractivity contribution in [2.75, 3.05) is 5.32 Å². The van der Waals surface area contributed by atoms with Gasteiger partial charge in [-0.15, -0.1) is 0 Å². The van der Waals surface area contributed by atoms with Gasteiger partial charge in [-0.05, 0) is 59.3 Å². The van der Waals surface area contributed by atoms with Crippen LogP contribution in [0.4, 0.5) is 10.1 Å². The minimum absolute atomic E-state index is 0.0192. The number of nitrogens with one attached hydrogen (secondary N) is 1. The molecule has 1 saturated carbocycles. The van der Waals surface area contributed by atoms with Crippen molar-refractivity contribution in [3.8, 4) is 0 Å². The van der Waals surface area contributed by atoms with Crippen LogP contribution in [0.25, 0.3) is 0 Å². The third-order valence-electron chi connectivity index (χ3n) is 4.59. The Morgan fingerprint density at radius 1 is 1.20 bits per heavy atom. The van der Waals surface area contributed by atoms with Crippen molar-refractivity contribution >= 4 is 51.1 Å². The molecule has 0 atom stereocenters. The zero-order valence-corrected chi connectivity index (χ0v) is 18.1. The Bertz CT molecular complexity index is 679. The fourth-order valence-electron chi connectivity index (χ4n) is 2.80. The highest BCUT2D eigenvalue weighted by Crippen LogP contribution is 2.39. The average Bonchev–Trinajstić information content (AvgIpc) is 2.51. The number of thioether (sulfide) groups is 1. The van der Waals surface area contributed by atoms with Crippen LogP contribution in [0, 0.1) is 20.2 Å². The van der Waals surface area contributed by atoms with Gasteiger partial charge in [-0.1, -0.05) is 47.0 Å². The van der Waals surface area contributed by atoms with Gasteiger partial charge in [-0.2, -0.15) is 0 Å². The summed E-state index contributed by atoms with van der Waals surface area (Å²) in [6, 6.07) is 2.95. The maximum absolute atomic E-state index is 14.1. The quantitative estimate of drug-likeness (QED) is 0.429. The monoisotopic (exact) mass is 477 g/mol. The fraction of sp³-hybridized carbons (Fsp3) is 0.579. The van der Waals surface area contributed by atoms with E-state index in [0.29, 0.717) is 14.2 Å². The molecular formula is C19H25FINO2S. The number of anilines is 1. The maximum atomic E-state index is 14.1. The summed E-state index contributed by atoms with van der Waals surface area (Å²) in [5.41, 5.74) is -0.549. The van der Waals surface area contributed by atoms with Gasteiger partial charge in [-0.25, -0.2) is 4.39 Å². The molecule has 0 unspecified atom stereocenters. The Balaban J connectivity index is 2.28. The summed E-state index contributed by atoms with van der Waals surface area (Å²) >= 11 is 2.96. The van der Waals surface area contributed by atoms with Crippen LogP contribution in [0.2, 0.25) is 0 Å². The SMILES string of the molecule is CC(C)(C)C(=O)Sc1cc(I)c(F)cc1NC(=O)C1(C)CCCCC1. The lowest BCUT2D eigenvalue weighted by atomic mass is 9.75. The molecule has 2 rings (SSSR count). The van der Waals surface area contributed by atoms with Crippen LogP contribution in [-0.2, 0) is 9.59 Å². The average molecular weight is 477 g/mol. The number of hydrogen-bond donors (Lipinski definition) is 1. The molecule has 1 aromatic carbocycles. The lowest BCUT2D eigenvalue weighted by Gasteiger charge is -2.32. The largest absolute Gasteiger partial charge is 0.324 e. The number of rotatable bonds is 3. The van der Waals surface area contributed by atoms with Crippen molar-refractivity contribution in [1.82, 2.24) is 0 Å². The van der Waals surface area contributed by atoms with E-state index in [9.17, 15) is 14.0 Å². The van der Waals surface area contributed by atoms with Crippen LogP contribution in [-0.4, -0.2) is 11.0 Å². The molecule has 6 heteroatoms. The van der Waals surface area contributed by atoms with Crippen molar-refractivity contribution in [3.63, 3.8) is 0 Å². The summed E-state index contributed by atoms with van der Waals surface area (Å²) in [6.07, 6.45) is 4.91. The molecule has 1 aliphatic rings. The molecule has 1 fully saturated rings. The van der Waals surface area contributed by atoms with Crippen LogP contribution in [0.3, 0.4) is 0 Å². The molecule has 3 nitrogen and oxygen atoms in total. The van der Waals surface area contributed by atoms with Gasteiger partial charge in [-0.3, -0.25) is 9.59 Å². The summed E-state index contributed by atoms with van der Waals surface area (Å²) in [5, 5.41) is 2.87. The molecule has 0 saturated heterocycles. The van der Waals surface area contributed by atoms with Gasteiger partial charge in [0.2, 0.25) is 5.91 Å². The lowest BCUT2D eigenvalue weighted by Crippen LogP contribution is -2.35. The Morgan fingerprint density at radius 3 is 2.36 bits per heavy atom. The first kappa shape index (κ1) is 20.7. The maximum Gasteiger partial charge on any atom is 0.230 e. The molecule has 0 radical (unpaired) electrons. The number of amides is 1. The van der Waals surface area contributed by atoms with E-state index in [0.717, 1.165) is 43.9 Å². The van der Waals surface area contributed by atoms with Crippen LogP contribution >= 0.6 is 34.4 Å². The summed E-state index contributed by atoms with van der Waals surface area (Å²) in [6.45, 7) is 7.51. The first-order valence-corrected chi connectivity index (χ1v) is 10.5. The summed E-state index contributed by atoms with van der Waals surface area (Å²) in [5.74, 6) is -0.477. The zero-order chi connectivity index (χ0) is 18.8. The molecule has 25 heavy (non-hydrogen) atoms. The Kier molecular flexibility index (Phi) is 6.57. The normalized spacial score (nSPS) is 17.2. The first-order chi connectivity index (χ1) is 11.5. The smallest absolute Gasteiger partial charge is 0.230 e. The van der Waals surface area contributed by atoms with Crippen molar-refractivity contribution in [1.29, 1.82) is 0 Å². The third kappa shape index (κ3) is 5.18. The zero-order valence-electron chi connectivity index (χ0n) is 15.2. The van der Waals surface area contributed by atoms with Crippen LogP contribution in [0.5, 0.6) is 0 Å². The number of halogens is 2. The highest BCUT2D eigenvalue weighted by molar-refractivity contribution is 14.1. The number of hydrogen-bond acceptors (Lipinski definition) is 3. The van der Waals surface area contributed by atoms with Gasteiger partial charge in [0.25, 0.3) is 0 Å². The molecule has 0 aromatic heterocycles. The molecule has 1 amide bonds. The van der Waals surface area contributed by atoms with E-state index < -0.39 is 16.6 Å². The number of carbonyl (C=O) groups is 2. The Hall–Kier alpha value is -0.630. The predicted octanol–water partition coefficient (Wildman–Crippen LogP) is 6.00. The molecular weight excluding hydrogens is 452 g/mol. The van der Waals surface area contributed by atoms with E-state index in [1.54, 1.807) is 6.07 Å². The molecule has 0 spiro atoms. The second kappa shape index (κ2) is 7.94. The van der Waals surface area contributed by atoms with E-state index in [1.165, 1.54) is 6.07 Å². The van der Waals surface area contributed by atoms with E-state index in [-0.39, 0.29) is 11.0 Å². The van der Waals surface area contributed by atoms with Crippen molar-refractivity contribution < 1.29 is 14.0 Å². The Labute approximate surface area is 167 Å². The molecule has 138 valence electrons. The highest BCUT2D eigenvalue weighted by Gasteiger charge is 2.35. The fourth-order valence-corrected chi connectivity index (χ4v) is 4.38. The molecule has 1 aliphatic carbocycles. The van der Waals surface area contributed by atoms with E-state index >= 15 is 0 Å². The first-order valence-electron chi connectivity index (χ1n) is 8.56. The second-order valence-corrected chi connectivity index (χ2v) is 10.2. The summed E-state index contributed by atoms with van der Waals surface area (Å²) < 4.78 is 14.5. The molecule has 1 N–H and O–H groups in total. The minimum atomic E-state index is -0.513. The Morgan fingerprint density at radius 2 is 1.80 bits per heavy atom.